The molecule has 1 aromatic heterocycles. The molecule has 106 valence electrons. The Labute approximate surface area is 128 Å². The summed E-state index contributed by atoms with van der Waals surface area (Å²) >= 11 is 3.55. The molecule has 0 aliphatic heterocycles. The Morgan fingerprint density at radius 2 is 2.10 bits per heavy atom. The molecule has 0 saturated heterocycles. The molecule has 0 spiro atoms. The summed E-state index contributed by atoms with van der Waals surface area (Å²) in [7, 11) is 0. The zero-order chi connectivity index (χ0) is 14.5. The highest BCUT2D eigenvalue weighted by molar-refractivity contribution is 9.10. The van der Waals surface area contributed by atoms with Crippen LogP contribution in [-0.4, -0.2) is 11.1 Å². The molecule has 2 aromatic rings. The van der Waals surface area contributed by atoms with Crippen LogP contribution in [0.2, 0.25) is 0 Å². The first-order valence-corrected chi connectivity index (χ1v) is 7.46. The van der Waals surface area contributed by atoms with Gasteiger partial charge < -0.3 is 10.1 Å². The number of ether oxygens (including phenoxy) is 1. The summed E-state index contributed by atoms with van der Waals surface area (Å²) < 4.78 is 6.82. The van der Waals surface area contributed by atoms with E-state index in [9.17, 15) is 0 Å². The van der Waals surface area contributed by atoms with Crippen LogP contribution in [0.3, 0.4) is 0 Å². The lowest BCUT2D eigenvalue weighted by Crippen LogP contribution is -2.10. The van der Waals surface area contributed by atoms with Gasteiger partial charge in [0, 0.05) is 17.2 Å². The molecule has 4 heteroatoms. The first kappa shape index (κ1) is 14.9. The van der Waals surface area contributed by atoms with Crippen LogP contribution in [0.15, 0.2) is 41.0 Å². The van der Waals surface area contributed by atoms with Gasteiger partial charge in [-0.1, -0.05) is 28.1 Å². The molecule has 0 bridgehead atoms. The highest BCUT2D eigenvalue weighted by Crippen LogP contribution is 2.23. The highest BCUT2D eigenvalue weighted by Gasteiger charge is 2.06. The zero-order valence-corrected chi connectivity index (χ0v) is 13.6. The summed E-state index contributed by atoms with van der Waals surface area (Å²) in [5, 5.41) is 3.37. The quantitative estimate of drug-likeness (QED) is 0.870. The van der Waals surface area contributed by atoms with E-state index in [1.54, 1.807) is 6.20 Å². The summed E-state index contributed by atoms with van der Waals surface area (Å²) in [5.74, 6) is 0.647. The van der Waals surface area contributed by atoms with E-state index in [0.717, 1.165) is 16.7 Å². The third-order valence-corrected chi connectivity index (χ3v) is 3.69. The number of nitrogens with one attached hydrogen (secondary N) is 1. The topological polar surface area (TPSA) is 34.2 Å². The van der Waals surface area contributed by atoms with Crippen molar-refractivity contribution in [1.82, 2.24) is 4.98 Å². The molecule has 2 rings (SSSR count). The third-order valence-electron chi connectivity index (χ3n) is 2.84. The summed E-state index contributed by atoms with van der Waals surface area (Å²) in [6.07, 6.45) is 1.85. The number of aryl methyl sites for hydroxylation is 1. The van der Waals surface area contributed by atoms with E-state index in [0.29, 0.717) is 5.88 Å². The Morgan fingerprint density at radius 3 is 2.80 bits per heavy atom. The Kier molecular flexibility index (Phi) is 5.01. The number of hydrogen-bond acceptors (Lipinski definition) is 3. The maximum Gasteiger partial charge on any atom is 0.237 e. The van der Waals surface area contributed by atoms with Gasteiger partial charge >= 0.3 is 0 Å². The average Bonchev–Trinajstić information content (AvgIpc) is 2.41. The van der Waals surface area contributed by atoms with Gasteiger partial charge in [-0.25, -0.2) is 4.98 Å². The van der Waals surface area contributed by atoms with Crippen LogP contribution in [0.1, 0.15) is 25.0 Å². The number of aromatic nitrogens is 1. The van der Waals surface area contributed by atoms with Crippen molar-refractivity contribution in [3.8, 4) is 5.88 Å². The molecule has 1 heterocycles. The number of hydrogen-bond donors (Lipinski definition) is 1. The maximum absolute atomic E-state index is 5.69. The fourth-order valence-corrected chi connectivity index (χ4v) is 2.21. The normalized spacial score (nSPS) is 10.7. The molecule has 0 aliphatic carbocycles. The van der Waals surface area contributed by atoms with Crippen molar-refractivity contribution in [3.63, 3.8) is 0 Å². The van der Waals surface area contributed by atoms with E-state index in [4.69, 9.17) is 4.74 Å². The fraction of sp³-hybridized carbons (Fsp3) is 0.312. The van der Waals surface area contributed by atoms with Gasteiger partial charge in [-0.05, 0) is 50.1 Å². The van der Waals surface area contributed by atoms with Gasteiger partial charge in [-0.15, -0.1) is 0 Å². The number of benzene rings is 1. The highest BCUT2D eigenvalue weighted by atomic mass is 79.9. The molecule has 0 amide bonds. The molecular formula is C16H19BrN2O. The Balaban J connectivity index is 2.08. The van der Waals surface area contributed by atoms with Crippen molar-refractivity contribution >= 4 is 21.6 Å². The molecule has 0 aliphatic rings. The molecule has 0 saturated carbocycles. The van der Waals surface area contributed by atoms with Crippen molar-refractivity contribution in [2.24, 2.45) is 0 Å². The molecule has 0 unspecified atom stereocenters. The van der Waals surface area contributed by atoms with Crippen LogP contribution in [0, 0.1) is 6.92 Å². The number of halogens is 1. The van der Waals surface area contributed by atoms with Crippen LogP contribution in [0.4, 0.5) is 5.69 Å². The molecule has 1 N–H and O–H groups in total. The van der Waals surface area contributed by atoms with Crippen LogP contribution in [0.5, 0.6) is 5.88 Å². The minimum atomic E-state index is 0.110. The van der Waals surface area contributed by atoms with E-state index >= 15 is 0 Å². The van der Waals surface area contributed by atoms with Gasteiger partial charge in [0.2, 0.25) is 5.88 Å². The van der Waals surface area contributed by atoms with Crippen LogP contribution >= 0.6 is 15.9 Å². The Hall–Kier alpha value is -1.55. The third kappa shape index (κ3) is 3.97. The largest absolute Gasteiger partial charge is 0.473 e. The first-order valence-electron chi connectivity index (χ1n) is 6.67. The van der Waals surface area contributed by atoms with E-state index in [-0.39, 0.29) is 6.10 Å². The fourth-order valence-electron chi connectivity index (χ4n) is 1.79. The number of rotatable bonds is 5. The van der Waals surface area contributed by atoms with Gasteiger partial charge in [0.15, 0.2) is 0 Å². The predicted molar refractivity (Wildman–Crippen MR) is 86.2 cm³/mol. The van der Waals surface area contributed by atoms with Gasteiger partial charge in [0.1, 0.15) is 0 Å². The van der Waals surface area contributed by atoms with Gasteiger partial charge in [0.25, 0.3) is 0 Å². The van der Waals surface area contributed by atoms with Gasteiger partial charge in [-0.2, -0.15) is 0 Å². The second kappa shape index (κ2) is 6.75. The van der Waals surface area contributed by atoms with Crippen LogP contribution < -0.4 is 10.1 Å². The van der Waals surface area contributed by atoms with Crippen LogP contribution in [-0.2, 0) is 6.54 Å². The van der Waals surface area contributed by atoms with E-state index < -0.39 is 0 Å². The standard InChI is InChI=1S/C16H19BrN2O/c1-11(2)20-16-15(5-4-8-18-16)19-10-13-7-6-12(3)14(17)9-13/h4-9,11,19H,10H2,1-3H3. The summed E-state index contributed by atoms with van der Waals surface area (Å²) in [6.45, 7) is 6.81. The van der Waals surface area contributed by atoms with Gasteiger partial charge in [-0.3, -0.25) is 0 Å². The van der Waals surface area contributed by atoms with Crippen molar-refractivity contribution in [2.75, 3.05) is 5.32 Å². The summed E-state index contributed by atoms with van der Waals surface area (Å²) in [6, 6.07) is 10.2. The predicted octanol–water partition coefficient (Wildman–Crippen LogP) is 4.55. The van der Waals surface area contributed by atoms with Crippen molar-refractivity contribution in [1.29, 1.82) is 0 Å². The first-order chi connectivity index (χ1) is 9.56. The number of nitrogens with zero attached hydrogens (tertiary/aromatic N) is 1. The Morgan fingerprint density at radius 1 is 1.30 bits per heavy atom. The second-order valence-electron chi connectivity index (χ2n) is 4.96. The van der Waals surface area contributed by atoms with Crippen molar-refractivity contribution in [3.05, 3.63) is 52.1 Å². The molecule has 1 aromatic carbocycles. The average molecular weight is 335 g/mol. The van der Waals surface area contributed by atoms with E-state index in [1.165, 1.54) is 11.1 Å². The second-order valence-corrected chi connectivity index (χ2v) is 5.81. The van der Waals surface area contributed by atoms with E-state index in [1.807, 2.05) is 26.0 Å². The minimum absolute atomic E-state index is 0.110. The number of anilines is 1. The minimum Gasteiger partial charge on any atom is -0.473 e. The lowest BCUT2D eigenvalue weighted by Gasteiger charge is -2.14. The SMILES string of the molecule is Cc1ccc(CNc2cccnc2OC(C)C)cc1Br. The lowest BCUT2D eigenvalue weighted by atomic mass is 10.1. The number of pyridine rings is 1. The molecule has 0 radical (unpaired) electrons. The molecule has 3 nitrogen and oxygen atoms in total. The lowest BCUT2D eigenvalue weighted by molar-refractivity contribution is 0.234. The monoisotopic (exact) mass is 334 g/mol. The molecule has 0 fully saturated rings. The maximum atomic E-state index is 5.69. The zero-order valence-electron chi connectivity index (χ0n) is 12.0. The van der Waals surface area contributed by atoms with Gasteiger partial charge in [0.05, 0.1) is 11.8 Å². The Bertz CT molecular complexity index is 584. The van der Waals surface area contributed by atoms with Crippen molar-refractivity contribution < 1.29 is 4.74 Å². The molecule has 0 atom stereocenters. The molecule has 20 heavy (non-hydrogen) atoms. The summed E-state index contributed by atoms with van der Waals surface area (Å²) in [5.41, 5.74) is 3.36. The van der Waals surface area contributed by atoms with Crippen molar-refractivity contribution in [2.45, 2.75) is 33.4 Å². The van der Waals surface area contributed by atoms with Crippen LogP contribution in [0.25, 0.3) is 0 Å². The van der Waals surface area contributed by atoms with E-state index in [2.05, 4.69) is 51.4 Å². The smallest absolute Gasteiger partial charge is 0.237 e. The summed E-state index contributed by atoms with van der Waals surface area (Å²) in [4.78, 5) is 4.27. The molecular weight excluding hydrogens is 316 g/mol.